The third kappa shape index (κ3) is 4.54. The molecule has 1 N–H and O–H groups in total. The molecule has 1 rings (SSSR count). The number of piperidine rings is 1. The molecule has 0 saturated carbocycles. The Bertz CT molecular complexity index is 236. The van der Waals surface area contributed by atoms with E-state index in [-0.39, 0.29) is 6.09 Å². The summed E-state index contributed by atoms with van der Waals surface area (Å²) in [7, 11) is 0. The second kappa shape index (κ2) is 6.84. The number of rotatable bonds is 4. The molecule has 4 nitrogen and oxygen atoms in total. The van der Waals surface area contributed by atoms with Crippen molar-refractivity contribution in [2.45, 2.75) is 52.6 Å². The van der Waals surface area contributed by atoms with Gasteiger partial charge in [0.05, 0.1) is 6.61 Å². The van der Waals surface area contributed by atoms with Crippen molar-refractivity contribution < 1.29 is 9.53 Å². The van der Waals surface area contributed by atoms with Crippen molar-refractivity contribution in [2.75, 3.05) is 19.7 Å². The summed E-state index contributed by atoms with van der Waals surface area (Å²) in [6.07, 6.45) is 1.88. The van der Waals surface area contributed by atoms with Crippen LogP contribution in [0.5, 0.6) is 0 Å². The van der Waals surface area contributed by atoms with Gasteiger partial charge in [-0.2, -0.15) is 0 Å². The Kier molecular flexibility index (Phi) is 5.75. The second-order valence-corrected chi connectivity index (χ2v) is 5.16. The van der Waals surface area contributed by atoms with Crippen molar-refractivity contribution in [3.05, 3.63) is 0 Å². The largest absolute Gasteiger partial charge is 0.450 e. The summed E-state index contributed by atoms with van der Waals surface area (Å²) in [5, 5.41) is 3.63. The molecule has 1 unspecified atom stereocenters. The first-order valence-corrected chi connectivity index (χ1v) is 6.72. The van der Waals surface area contributed by atoms with Gasteiger partial charge in [-0.25, -0.2) is 4.79 Å². The molecule has 0 aliphatic carbocycles. The van der Waals surface area contributed by atoms with Crippen LogP contribution in [0.1, 0.15) is 40.5 Å². The molecule has 1 fully saturated rings. The van der Waals surface area contributed by atoms with E-state index >= 15 is 0 Å². The fourth-order valence-corrected chi connectivity index (χ4v) is 2.01. The maximum absolute atomic E-state index is 11.5. The van der Waals surface area contributed by atoms with Gasteiger partial charge in [-0.05, 0) is 32.6 Å². The van der Waals surface area contributed by atoms with E-state index in [4.69, 9.17) is 4.74 Å². The molecule has 17 heavy (non-hydrogen) atoms. The Labute approximate surface area is 105 Å². The first-order valence-electron chi connectivity index (χ1n) is 6.72. The zero-order valence-corrected chi connectivity index (χ0v) is 11.5. The van der Waals surface area contributed by atoms with Crippen molar-refractivity contribution in [1.82, 2.24) is 10.2 Å². The number of hydrogen-bond donors (Lipinski definition) is 1. The molecule has 0 aromatic carbocycles. The van der Waals surface area contributed by atoms with Crippen LogP contribution >= 0.6 is 0 Å². The minimum atomic E-state index is -0.164. The van der Waals surface area contributed by atoms with Crippen LogP contribution in [0.2, 0.25) is 0 Å². The van der Waals surface area contributed by atoms with Gasteiger partial charge in [0, 0.05) is 25.2 Å². The quantitative estimate of drug-likeness (QED) is 0.822. The standard InChI is InChI=1S/C13H26N2O2/c1-5-17-13(16)15-8-6-12(7-9-15)14-11(4)10(2)3/h10-12,14H,5-9H2,1-4H3. The topological polar surface area (TPSA) is 41.6 Å². The average molecular weight is 242 g/mol. The monoisotopic (exact) mass is 242 g/mol. The molecule has 0 aromatic heterocycles. The van der Waals surface area contributed by atoms with Gasteiger partial charge in [0.15, 0.2) is 0 Å². The molecule has 0 radical (unpaired) electrons. The summed E-state index contributed by atoms with van der Waals surface area (Å²) in [6, 6.07) is 1.08. The van der Waals surface area contributed by atoms with Gasteiger partial charge in [-0.1, -0.05) is 13.8 Å². The maximum atomic E-state index is 11.5. The fraction of sp³-hybridized carbons (Fsp3) is 0.923. The van der Waals surface area contributed by atoms with E-state index < -0.39 is 0 Å². The normalized spacial score (nSPS) is 19.5. The van der Waals surface area contributed by atoms with Crippen molar-refractivity contribution in [2.24, 2.45) is 5.92 Å². The van der Waals surface area contributed by atoms with Gasteiger partial charge < -0.3 is 15.0 Å². The van der Waals surface area contributed by atoms with Gasteiger partial charge in [0.25, 0.3) is 0 Å². The highest BCUT2D eigenvalue weighted by molar-refractivity contribution is 5.67. The Balaban J connectivity index is 2.28. The van der Waals surface area contributed by atoms with Crippen LogP contribution in [-0.2, 0) is 4.74 Å². The van der Waals surface area contributed by atoms with E-state index in [1.165, 1.54) is 0 Å². The van der Waals surface area contributed by atoms with Crippen molar-refractivity contribution in [3.8, 4) is 0 Å². The van der Waals surface area contributed by atoms with Crippen LogP contribution in [0.15, 0.2) is 0 Å². The Morgan fingerprint density at radius 3 is 2.41 bits per heavy atom. The SMILES string of the molecule is CCOC(=O)N1CCC(NC(C)C(C)C)CC1. The molecule has 0 spiro atoms. The molecule has 100 valence electrons. The van der Waals surface area contributed by atoms with Gasteiger partial charge in [0.1, 0.15) is 0 Å². The summed E-state index contributed by atoms with van der Waals surface area (Å²) in [5.41, 5.74) is 0. The number of carbonyl (C=O) groups excluding carboxylic acids is 1. The van der Waals surface area contributed by atoms with E-state index in [0.29, 0.717) is 24.6 Å². The number of carbonyl (C=O) groups is 1. The van der Waals surface area contributed by atoms with Gasteiger partial charge >= 0.3 is 6.09 Å². The Morgan fingerprint density at radius 1 is 1.35 bits per heavy atom. The highest BCUT2D eigenvalue weighted by Crippen LogP contribution is 2.13. The molecule has 1 saturated heterocycles. The predicted molar refractivity (Wildman–Crippen MR) is 69.1 cm³/mol. The van der Waals surface area contributed by atoms with Crippen LogP contribution in [-0.4, -0.2) is 42.8 Å². The van der Waals surface area contributed by atoms with Gasteiger partial charge in [-0.3, -0.25) is 0 Å². The van der Waals surface area contributed by atoms with E-state index in [0.717, 1.165) is 25.9 Å². The zero-order valence-electron chi connectivity index (χ0n) is 11.5. The fourth-order valence-electron chi connectivity index (χ4n) is 2.01. The smallest absolute Gasteiger partial charge is 0.409 e. The first kappa shape index (κ1) is 14.3. The van der Waals surface area contributed by atoms with Gasteiger partial charge in [0.2, 0.25) is 0 Å². The molecule has 0 aromatic rings. The third-order valence-corrected chi connectivity index (χ3v) is 3.52. The van der Waals surface area contributed by atoms with Crippen LogP contribution in [0.4, 0.5) is 4.79 Å². The van der Waals surface area contributed by atoms with E-state index in [1.807, 2.05) is 11.8 Å². The number of ether oxygens (including phenoxy) is 1. The summed E-state index contributed by atoms with van der Waals surface area (Å²) in [6.45, 7) is 10.6. The Morgan fingerprint density at radius 2 is 1.94 bits per heavy atom. The lowest BCUT2D eigenvalue weighted by atomic mass is 10.0. The summed E-state index contributed by atoms with van der Waals surface area (Å²) in [5.74, 6) is 0.651. The molecule has 0 bridgehead atoms. The molecule has 1 amide bonds. The van der Waals surface area contributed by atoms with Crippen molar-refractivity contribution in [3.63, 3.8) is 0 Å². The van der Waals surface area contributed by atoms with Crippen LogP contribution in [0.25, 0.3) is 0 Å². The number of amides is 1. The number of nitrogens with one attached hydrogen (secondary N) is 1. The molecule has 1 heterocycles. The third-order valence-electron chi connectivity index (χ3n) is 3.52. The van der Waals surface area contributed by atoms with E-state index in [1.54, 1.807) is 0 Å². The summed E-state index contributed by atoms with van der Waals surface area (Å²) in [4.78, 5) is 13.3. The minimum Gasteiger partial charge on any atom is -0.450 e. The lowest BCUT2D eigenvalue weighted by Crippen LogP contribution is -2.48. The number of likely N-dealkylation sites (tertiary alicyclic amines) is 1. The first-order chi connectivity index (χ1) is 8.04. The number of hydrogen-bond acceptors (Lipinski definition) is 3. The maximum Gasteiger partial charge on any atom is 0.409 e. The highest BCUT2D eigenvalue weighted by Gasteiger charge is 2.24. The molecule has 1 aliphatic heterocycles. The minimum absolute atomic E-state index is 0.164. The summed E-state index contributed by atoms with van der Waals surface area (Å²) < 4.78 is 5.00. The molecular weight excluding hydrogens is 216 g/mol. The molecule has 4 heteroatoms. The number of nitrogens with zero attached hydrogens (tertiary/aromatic N) is 1. The lowest BCUT2D eigenvalue weighted by Gasteiger charge is -2.34. The average Bonchev–Trinajstić information content (AvgIpc) is 2.30. The lowest BCUT2D eigenvalue weighted by molar-refractivity contribution is 0.0938. The predicted octanol–water partition coefficient (Wildman–Crippen LogP) is 2.24. The highest BCUT2D eigenvalue weighted by atomic mass is 16.6. The van der Waals surface area contributed by atoms with Gasteiger partial charge in [-0.15, -0.1) is 0 Å². The van der Waals surface area contributed by atoms with E-state index in [9.17, 15) is 4.79 Å². The summed E-state index contributed by atoms with van der Waals surface area (Å²) >= 11 is 0. The van der Waals surface area contributed by atoms with Crippen molar-refractivity contribution in [1.29, 1.82) is 0 Å². The van der Waals surface area contributed by atoms with Crippen LogP contribution < -0.4 is 5.32 Å². The van der Waals surface area contributed by atoms with Crippen molar-refractivity contribution >= 4 is 6.09 Å². The molecular formula is C13H26N2O2. The molecule has 1 atom stereocenters. The second-order valence-electron chi connectivity index (χ2n) is 5.16. The Hall–Kier alpha value is -0.770. The zero-order chi connectivity index (χ0) is 12.8. The molecule has 1 aliphatic rings. The van der Waals surface area contributed by atoms with Crippen LogP contribution in [0, 0.1) is 5.92 Å². The van der Waals surface area contributed by atoms with Crippen LogP contribution in [0.3, 0.4) is 0 Å². The van der Waals surface area contributed by atoms with E-state index in [2.05, 4.69) is 26.1 Å².